The van der Waals surface area contributed by atoms with Crippen molar-refractivity contribution >= 4 is 0 Å². The van der Waals surface area contributed by atoms with Crippen LogP contribution in [-0.2, 0) is 12.0 Å². The maximum Gasteiger partial charge on any atom is 0.0234 e. The third kappa shape index (κ3) is 5.12. The van der Waals surface area contributed by atoms with Gasteiger partial charge < -0.3 is 5.32 Å². The van der Waals surface area contributed by atoms with E-state index in [0.29, 0.717) is 6.04 Å². The highest BCUT2D eigenvalue weighted by Crippen LogP contribution is 2.23. The molecule has 1 fully saturated rings. The fraction of sp³-hybridized carbons (Fsp3) is 0.684. The molecule has 21 heavy (non-hydrogen) atoms. The molecule has 0 bridgehead atoms. The fourth-order valence-corrected chi connectivity index (χ4v) is 3.08. The zero-order chi connectivity index (χ0) is 15.3. The SMILES string of the molecule is CCCNC1CCCN(Cc2ccc(C(C)(C)C)cc2)C1. The average Bonchev–Trinajstić information content (AvgIpc) is 2.45. The van der Waals surface area contributed by atoms with Gasteiger partial charge in [-0.15, -0.1) is 0 Å². The van der Waals surface area contributed by atoms with Crippen LogP contribution in [0.4, 0.5) is 0 Å². The summed E-state index contributed by atoms with van der Waals surface area (Å²) in [7, 11) is 0. The average molecular weight is 288 g/mol. The van der Waals surface area contributed by atoms with E-state index in [2.05, 4.69) is 62.2 Å². The molecule has 0 radical (unpaired) electrons. The molecule has 1 unspecified atom stereocenters. The van der Waals surface area contributed by atoms with E-state index in [1.54, 1.807) is 0 Å². The Kier molecular flexibility index (Phi) is 5.83. The Bertz CT molecular complexity index is 416. The number of rotatable bonds is 5. The summed E-state index contributed by atoms with van der Waals surface area (Å²) in [6, 6.07) is 9.90. The van der Waals surface area contributed by atoms with Crippen LogP contribution in [0.25, 0.3) is 0 Å². The van der Waals surface area contributed by atoms with E-state index in [1.165, 1.54) is 43.5 Å². The Morgan fingerprint density at radius 3 is 2.52 bits per heavy atom. The largest absolute Gasteiger partial charge is 0.313 e. The first-order chi connectivity index (χ1) is 9.99. The molecule has 1 heterocycles. The molecule has 1 aliphatic heterocycles. The Morgan fingerprint density at radius 2 is 1.90 bits per heavy atom. The van der Waals surface area contributed by atoms with Crippen molar-refractivity contribution < 1.29 is 0 Å². The van der Waals surface area contributed by atoms with Gasteiger partial charge in [-0.3, -0.25) is 4.90 Å². The summed E-state index contributed by atoms with van der Waals surface area (Å²) in [4.78, 5) is 2.60. The molecule has 1 N–H and O–H groups in total. The van der Waals surface area contributed by atoms with Crippen LogP contribution in [0.15, 0.2) is 24.3 Å². The molecule has 118 valence electrons. The molecule has 1 aliphatic rings. The first kappa shape index (κ1) is 16.5. The number of nitrogens with zero attached hydrogens (tertiary/aromatic N) is 1. The van der Waals surface area contributed by atoms with Crippen LogP contribution in [0.5, 0.6) is 0 Å². The molecule has 0 saturated carbocycles. The van der Waals surface area contributed by atoms with Gasteiger partial charge in [0.15, 0.2) is 0 Å². The molecule has 0 aliphatic carbocycles. The highest BCUT2D eigenvalue weighted by Gasteiger charge is 2.19. The second kappa shape index (κ2) is 7.42. The Hall–Kier alpha value is -0.860. The predicted octanol–water partition coefficient (Wildman–Crippen LogP) is 3.95. The van der Waals surface area contributed by atoms with Crippen LogP contribution in [0.3, 0.4) is 0 Å². The van der Waals surface area contributed by atoms with Gasteiger partial charge in [0.1, 0.15) is 0 Å². The van der Waals surface area contributed by atoms with E-state index in [0.717, 1.165) is 13.1 Å². The van der Waals surface area contributed by atoms with Crippen molar-refractivity contribution in [3.8, 4) is 0 Å². The number of benzene rings is 1. The van der Waals surface area contributed by atoms with Crippen LogP contribution in [0.1, 0.15) is 58.1 Å². The molecule has 1 aromatic rings. The van der Waals surface area contributed by atoms with Gasteiger partial charge in [-0.2, -0.15) is 0 Å². The lowest BCUT2D eigenvalue weighted by molar-refractivity contribution is 0.183. The molecule has 2 heteroatoms. The lowest BCUT2D eigenvalue weighted by Gasteiger charge is -2.33. The van der Waals surface area contributed by atoms with Crippen molar-refractivity contribution in [1.82, 2.24) is 10.2 Å². The number of piperidine rings is 1. The summed E-state index contributed by atoms with van der Waals surface area (Å²) in [6.45, 7) is 13.7. The van der Waals surface area contributed by atoms with Crippen LogP contribution < -0.4 is 5.32 Å². The molecular weight excluding hydrogens is 256 g/mol. The summed E-state index contributed by atoms with van der Waals surface area (Å²) < 4.78 is 0. The van der Waals surface area contributed by atoms with Crippen molar-refractivity contribution in [1.29, 1.82) is 0 Å². The lowest BCUT2D eigenvalue weighted by Crippen LogP contribution is -2.45. The first-order valence-electron chi connectivity index (χ1n) is 8.54. The minimum Gasteiger partial charge on any atom is -0.313 e. The van der Waals surface area contributed by atoms with Crippen molar-refractivity contribution in [2.45, 2.75) is 65.0 Å². The van der Waals surface area contributed by atoms with Gasteiger partial charge in [0, 0.05) is 19.1 Å². The molecule has 0 amide bonds. The van der Waals surface area contributed by atoms with E-state index >= 15 is 0 Å². The standard InChI is InChI=1S/C19H32N2/c1-5-12-20-18-7-6-13-21(15-18)14-16-8-10-17(11-9-16)19(2,3)4/h8-11,18,20H,5-7,12-15H2,1-4H3. The van der Waals surface area contributed by atoms with E-state index in [1.807, 2.05) is 0 Å². The Labute approximate surface area is 130 Å². The maximum absolute atomic E-state index is 3.67. The normalized spacial score (nSPS) is 20.7. The molecular formula is C19H32N2. The van der Waals surface area contributed by atoms with Crippen molar-refractivity contribution in [3.05, 3.63) is 35.4 Å². The molecule has 2 rings (SSSR count). The van der Waals surface area contributed by atoms with E-state index < -0.39 is 0 Å². The quantitative estimate of drug-likeness (QED) is 0.882. The molecule has 1 atom stereocenters. The highest BCUT2D eigenvalue weighted by atomic mass is 15.2. The first-order valence-corrected chi connectivity index (χ1v) is 8.54. The van der Waals surface area contributed by atoms with Crippen LogP contribution >= 0.6 is 0 Å². The maximum atomic E-state index is 3.67. The summed E-state index contributed by atoms with van der Waals surface area (Å²) >= 11 is 0. The van der Waals surface area contributed by atoms with Gasteiger partial charge in [0.2, 0.25) is 0 Å². The minimum atomic E-state index is 0.249. The molecule has 0 aromatic heterocycles. The smallest absolute Gasteiger partial charge is 0.0234 e. The molecule has 2 nitrogen and oxygen atoms in total. The van der Waals surface area contributed by atoms with Crippen molar-refractivity contribution in [2.75, 3.05) is 19.6 Å². The van der Waals surface area contributed by atoms with Crippen molar-refractivity contribution in [3.63, 3.8) is 0 Å². The van der Waals surface area contributed by atoms with Gasteiger partial charge in [-0.05, 0) is 48.9 Å². The zero-order valence-corrected chi connectivity index (χ0v) is 14.3. The summed E-state index contributed by atoms with van der Waals surface area (Å²) in [5, 5.41) is 3.67. The summed E-state index contributed by atoms with van der Waals surface area (Å²) in [5.41, 5.74) is 3.12. The van der Waals surface area contributed by atoms with Crippen LogP contribution in [-0.4, -0.2) is 30.6 Å². The summed E-state index contributed by atoms with van der Waals surface area (Å²) in [5.74, 6) is 0. The van der Waals surface area contributed by atoms with Gasteiger partial charge in [-0.1, -0.05) is 52.0 Å². The van der Waals surface area contributed by atoms with E-state index in [-0.39, 0.29) is 5.41 Å². The van der Waals surface area contributed by atoms with Gasteiger partial charge in [0.25, 0.3) is 0 Å². The zero-order valence-electron chi connectivity index (χ0n) is 14.3. The Morgan fingerprint density at radius 1 is 1.19 bits per heavy atom. The van der Waals surface area contributed by atoms with Gasteiger partial charge in [0.05, 0.1) is 0 Å². The fourth-order valence-electron chi connectivity index (χ4n) is 3.08. The summed E-state index contributed by atoms with van der Waals surface area (Å²) in [6.07, 6.45) is 3.88. The molecule has 0 spiro atoms. The third-order valence-electron chi connectivity index (χ3n) is 4.41. The van der Waals surface area contributed by atoms with E-state index in [4.69, 9.17) is 0 Å². The lowest BCUT2D eigenvalue weighted by atomic mass is 9.86. The van der Waals surface area contributed by atoms with E-state index in [9.17, 15) is 0 Å². The second-order valence-electron chi connectivity index (χ2n) is 7.48. The molecule has 1 aromatic carbocycles. The van der Waals surface area contributed by atoms with Gasteiger partial charge >= 0.3 is 0 Å². The highest BCUT2D eigenvalue weighted by molar-refractivity contribution is 5.27. The minimum absolute atomic E-state index is 0.249. The number of hydrogen-bond acceptors (Lipinski definition) is 2. The van der Waals surface area contributed by atoms with Crippen molar-refractivity contribution in [2.24, 2.45) is 0 Å². The monoisotopic (exact) mass is 288 g/mol. The molecule has 1 saturated heterocycles. The second-order valence-corrected chi connectivity index (χ2v) is 7.48. The Balaban J connectivity index is 1.89. The predicted molar refractivity (Wildman–Crippen MR) is 91.7 cm³/mol. The number of likely N-dealkylation sites (tertiary alicyclic amines) is 1. The topological polar surface area (TPSA) is 15.3 Å². The van der Waals surface area contributed by atoms with Gasteiger partial charge in [-0.25, -0.2) is 0 Å². The van der Waals surface area contributed by atoms with Crippen LogP contribution in [0.2, 0.25) is 0 Å². The van der Waals surface area contributed by atoms with Crippen LogP contribution in [0, 0.1) is 0 Å². The number of nitrogens with one attached hydrogen (secondary N) is 1. The third-order valence-corrected chi connectivity index (χ3v) is 4.41. The number of hydrogen-bond donors (Lipinski definition) is 1.